The van der Waals surface area contributed by atoms with Crippen LogP contribution in [0.3, 0.4) is 0 Å². The minimum absolute atomic E-state index is 0.203. The van der Waals surface area contributed by atoms with Crippen LogP contribution in [0.1, 0.15) is 99.3 Å². The number of allylic oxidation sites excluding steroid dienone is 2. The van der Waals surface area contributed by atoms with E-state index in [-0.39, 0.29) is 12.0 Å². The van der Waals surface area contributed by atoms with Gasteiger partial charge in [0.2, 0.25) is 0 Å². The molecule has 258 valence electrons. The van der Waals surface area contributed by atoms with Crippen molar-refractivity contribution in [1.29, 1.82) is 0 Å². The monoisotopic (exact) mass is 670 g/mol. The molecular formula is C42H54O5S. The first-order valence-corrected chi connectivity index (χ1v) is 20.1. The molecule has 2 fully saturated rings. The first kappa shape index (κ1) is 34.9. The molecule has 0 spiro atoms. The number of unbranched alkanes of at least 4 members (excludes halogenated alkanes) is 3. The van der Waals surface area contributed by atoms with E-state index in [4.69, 9.17) is 13.7 Å². The first-order valence-electron chi connectivity index (χ1n) is 18.2. The summed E-state index contributed by atoms with van der Waals surface area (Å²) in [6.07, 6.45) is 18.3. The van der Waals surface area contributed by atoms with E-state index in [9.17, 15) is 8.42 Å². The van der Waals surface area contributed by atoms with E-state index in [0.717, 1.165) is 57.0 Å². The number of rotatable bonds is 16. The molecule has 6 rings (SSSR count). The Kier molecular flexibility index (Phi) is 11.8. The Morgan fingerprint density at radius 1 is 0.833 bits per heavy atom. The van der Waals surface area contributed by atoms with Gasteiger partial charge in [-0.25, -0.2) is 0 Å². The van der Waals surface area contributed by atoms with Crippen molar-refractivity contribution >= 4 is 10.1 Å². The summed E-state index contributed by atoms with van der Waals surface area (Å²) in [6, 6.07) is 28.0. The normalized spacial score (nSPS) is 26.6. The van der Waals surface area contributed by atoms with Crippen molar-refractivity contribution in [3.8, 4) is 5.75 Å². The van der Waals surface area contributed by atoms with Crippen LogP contribution in [0.2, 0.25) is 0 Å². The fourth-order valence-electron chi connectivity index (χ4n) is 9.27. The molecule has 5 nitrogen and oxygen atoms in total. The van der Waals surface area contributed by atoms with Crippen LogP contribution >= 0.6 is 0 Å². The Morgan fingerprint density at radius 3 is 2.31 bits per heavy atom. The molecule has 3 aliphatic rings. The Bertz CT molecular complexity index is 1590. The quantitative estimate of drug-likeness (QED) is 0.0863. The van der Waals surface area contributed by atoms with Crippen molar-refractivity contribution in [2.24, 2.45) is 23.2 Å². The molecule has 3 aromatic rings. The van der Waals surface area contributed by atoms with E-state index >= 15 is 0 Å². The molecule has 3 aliphatic carbocycles. The van der Waals surface area contributed by atoms with Gasteiger partial charge in [-0.15, -0.1) is 0 Å². The van der Waals surface area contributed by atoms with Crippen LogP contribution in [-0.2, 0) is 38.7 Å². The van der Waals surface area contributed by atoms with E-state index in [0.29, 0.717) is 43.0 Å². The van der Waals surface area contributed by atoms with Crippen molar-refractivity contribution in [2.75, 3.05) is 12.9 Å². The van der Waals surface area contributed by atoms with Crippen LogP contribution in [-0.4, -0.2) is 27.4 Å². The smallest absolute Gasteiger partial charge is 0.264 e. The second kappa shape index (κ2) is 16.2. The van der Waals surface area contributed by atoms with Gasteiger partial charge in [-0.2, -0.15) is 8.42 Å². The summed E-state index contributed by atoms with van der Waals surface area (Å²) < 4.78 is 40.2. The maximum Gasteiger partial charge on any atom is 0.264 e. The van der Waals surface area contributed by atoms with Crippen molar-refractivity contribution in [3.05, 3.63) is 113 Å². The van der Waals surface area contributed by atoms with Crippen molar-refractivity contribution < 1.29 is 22.1 Å². The van der Waals surface area contributed by atoms with Gasteiger partial charge >= 0.3 is 0 Å². The fourth-order valence-corrected chi connectivity index (χ4v) is 9.69. The van der Waals surface area contributed by atoms with Gasteiger partial charge in [0, 0.05) is 0 Å². The third-order valence-corrected chi connectivity index (χ3v) is 12.1. The van der Waals surface area contributed by atoms with Crippen molar-refractivity contribution in [2.45, 2.75) is 103 Å². The van der Waals surface area contributed by atoms with E-state index in [1.54, 1.807) is 5.56 Å². The fraction of sp³-hybridized carbons (Fsp3) is 0.524. The molecular weight excluding hydrogens is 617 g/mol. The van der Waals surface area contributed by atoms with E-state index in [2.05, 4.69) is 91.9 Å². The third kappa shape index (κ3) is 8.80. The zero-order chi connectivity index (χ0) is 33.4. The van der Waals surface area contributed by atoms with Crippen LogP contribution in [0.15, 0.2) is 91.0 Å². The lowest BCUT2D eigenvalue weighted by atomic mass is 9.51. The zero-order valence-electron chi connectivity index (χ0n) is 28.9. The largest absolute Gasteiger partial charge is 0.489 e. The SMILES string of the molecule is C[C@]12C[C@H](CC/C=C/CCCCCOS(C)(=O)=O)[C@@H]3c4ccc(OCc5ccccc5)cc4CC[C@H]3[C@@H]1CC[C@@H]2OCc1ccccc1. The molecule has 0 unspecified atom stereocenters. The summed E-state index contributed by atoms with van der Waals surface area (Å²) in [4.78, 5) is 0. The molecule has 6 atom stereocenters. The highest BCUT2D eigenvalue weighted by atomic mass is 32.2. The maximum absolute atomic E-state index is 11.2. The first-order chi connectivity index (χ1) is 23.3. The highest BCUT2D eigenvalue weighted by molar-refractivity contribution is 7.85. The molecule has 0 aliphatic heterocycles. The number of fused-ring (bicyclic) bond motifs is 5. The minimum Gasteiger partial charge on any atom is -0.489 e. The van der Waals surface area contributed by atoms with E-state index in [1.165, 1.54) is 42.4 Å². The molecule has 2 saturated carbocycles. The molecule has 48 heavy (non-hydrogen) atoms. The summed E-state index contributed by atoms with van der Waals surface area (Å²) in [5.74, 6) is 3.58. The number of ether oxygens (including phenoxy) is 2. The third-order valence-electron chi connectivity index (χ3n) is 11.5. The summed E-state index contributed by atoms with van der Waals surface area (Å²) in [6.45, 7) is 4.14. The molecule has 0 aromatic heterocycles. The Hall–Kier alpha value is -2.93. The molecule has 0 amide bonds. The van der Waals surface area contributed by atoms with Gasteiger partial charge in [0.25, 0.3) is 10.1 Å². The van der Waals surface area contributed by atoms with Crippen LogP contribution < -0.4 is 4.74 Å². The van der Waals surface area contributed by atoms with Gasteiger partial charge in [-0.1, -0.05) is 92.2 Å². The summed E-state index contributed by atoms with van der Waals surface area (Å²) in [5.41, 5.74) is 5.72. The molecule has 0 N–H and O–H groups in total. The van der Waals surface area contributed by atoms with Gasteiger partial charge in [-0.05, 0) is 128 Å². The average molecular weight is 671 g/mol. The molecule has 3 aromatic carbocycles. The molecule has 0 radical (unpaired) electrons. The number of benzene rings is 3. The molecule has 0 heterocycles. The van der Waals surface area contributed by atoms with Crippen LogP contribution in [0.25, 0.3) is 0 Å². The lowest BCUT2D eigenvalue weighted by Gasteiger charge is -2.54. The zero-order valence-corrected chi connectivity index (χ0v) is 29.7. The molecule has 0 saturated heterocycles. The van der Waals surface area contributed by atoms with Gasteiger partial charge < -0.3 is 9.47 Å². The van der Waals surface area contributed by atoms with Crippen molar-refractivity contribution in [3.63, 3.8) is 0 Å². The van der Waals surface area contributed by atoms with Crippen LogP contribution in [0.4, 0.5) is 0 Å². The highest BCUT2D eigenvalue weighted by Crippen LogP contribution is 2.64. The number of aryl methyl sites for hydroxylation is 1. The number of hydrogen-bond acceptors (Lipinski definition) is 5. The van der Waals surface area contributed by atoms with Crippen molar-refractivity contribution in [1.82, 2.24) is 0 Å². The summed E-state index contributed by atoms with van der Waals surface area (Å²) in [5, 5.41) is 0. The molecule has 6 heteroatoms. The Morgan fingerprint density at radius 2 is 1.56 bits per heavy atom. The lowest BCUT2D eigenvalue weighted by molar-refractivity contribution is -0.0874. The van der Waals surface area contributed by atoms with Crippen LogP contribution in [0, 0.1) is 23.2 Å². The van der Waals surface area contributed by atoms with E-state index < -0.39 is 10.1 Å². The van der Waals surface area contributed by atoms with Gasteiger partial charge in [0.15, 0.2) is 0 Å². The molecule has 0 bridgehead atoms. The average Bonchev–Trinajstić information content (AvgIpc) is 3.42. The van der Waals surface area contributed by atoms with E-state index in [1.807, 2.05) is 6.07 Å². The van der Waals surface area contributed by atoms with Gasteiger partial charge in [0.1, 0.15) is 12.4 Å². The Labute approximate surface area is 289 Å². The van der Waals surface area contributed by atoms with Gasteiger partial charge in [0.05, 0.1) is 25.6 Å². The van der Waals surface area contributed by atoms with Gasteiger partial charge in [-0.3, -0.25) is 4.18 Å². The standard InChI is InChI=1S/C42H54O5S/c1-42-29-35(20-14-6-4-3-5-7-15-27-47-48(2,43)44)41-37-24-22-36(45-30-32-16-10-8-11-17-32)28-34(37)21-23-38(41)39(42)25-26-40(42)46-31-33-18-12-9-13-19-33/h4,6,8-13,16-19,22,24,28,35,38-41H,3,5,7,14-15,20-21,23,25-27,29-31H2,1-2H3/b6-4+/t35-,38-,39-,40-,41+,42-/m0/s1. The second-order valence-electron chi connectivity index (χ2n) is 14.7. The summed E-state index contributed by atoms with van der Waals surface area (Å²) in [7, 11) is -3.34. The second-order valence-corrected chi connectivity index (χ2v) is 16.4. The number of hydrogen-bond donors (Lipinski definition) is 0. The summed E-state index contributed by atoms with van der Waals surface area (Å²) >= 11 is 0. The minimum atomic E-state index is -3.34. The predicted octanol–water partition coefficient (Wildman–Crippen LogP) is 9.81. The predicted molar refractivity (Wildman–Crippen MR) is 193 cm³/mol. The topological polar surface area (TPSA) is 61.8 Å². The lowest BCUT2D eigenvalue weighted by Crippen LogP contribution is -2.48. The maximum atomic E-state index is 11.2. The van der Waals surface area contributed by atoms with Crippen LogP contribution in [0.5, 0.6) is 5.75 Å². The Balaban J connectivity index is 1.13. The highest BCUT2D eigenvalue weighted by Gasteiger charge is 2.58.